The van der Waals surface area contributed by atoms with Crippen LogP contribution in [0.3, 0.4) is 0 Å². The Morgan fingerprint density at radius 1 is 1.09 bits per heavy atom. The molecule has 5 nitrogen and oxygen atoms in total. The first-order valence-electron chi connectivity index (χ1n) is 6.59. The second-order valence-corrected chi connectivity index (χ2v) is 4.83. The van der Waals surface area contributed by atoms with Crippen molar-refractivity contribution >= 4 is 23.3 Å². The molecule has 2 aromatic rings. The van der Waals surface area contributed by atoms with Crippen LogP contribution in [-0.2, 0) is 4.74 Å². The standard InChI is InChI=1S/C16H16ClNO4/c1-20-16(19)11-2-7-14(18)15(10-11)22-9-8-21-13-5-3-12(17)4-6-13/h2-7,10H,8-9,18H2,1H3. The minimum Gasteiger partial charge on any atom is -0.490 e. The third kappa shape index (κ3) is 4.30. The molecule has 0 heterocycles. The second kappa shape index (κ2) is 7.56. The van der Waals surface area contributed by atoms with Gasteiger partial charge in [0.25, 0.3) is 0 Å². The number of nitrogens with two attached hydrogens (primary N) is 1. The van der Waals surface area contributed by atoms with Gasteiger partial charge >= 0.3 is 5.97 Å². The third-order valence-electron chi connectivity index (χ3n) is 2.86. The van der Waals surface area contributed by atoms with E-state index in [1.54, 1.807) is 42.5 Å². The molecule has 0 atom stereocenters. The van der Waals surface area contributed by atoms with Crippen LogP contribution >= 0.6 is 11.6 Å². The first kappa shape index (κ1) is 16.0. The van der Waals surface area contributed by atoms with Gasteiger partial charge in [0.05, 0.1) is 18.4 Å². The Balaban J connectivity index is 1.88. The second-order valence-electron chi connectivity index (χ2n) is 4.40. The summed E-state index contributed by atoms with van der Waals surface area (Å²) in [7, 11) is 1.32. The number of ether oxygens (including phenoxy) is 3. The summed E-state index contributed by atoms with van der Waals surface area (Å²) in [5.74, 6) is 0.675. The molecule has 0 radical (unpaired) electrons. The van der Waals surface area contributed by atoms with Gasteiger partial charge in [-0.3, -0.25) is 0 Å². The Hall–Kier alpha value is -2.40. The van der Waals surface area contributed by atoms with E-state index in [1.807, 2.05) is 0 Å². The predicted octanol–water partition coefficient (Wildman–Crippen LogP) is 3.17. The lowest BCUT2D eigenvalue weighted by atomic mass is 10.2. The van der Waals surface area contributed by atoms with E-state index >= 15 is 0 Å². The van der Waals surface area contributed by atoms with Crippen LogP contribution in [0.4, 0.5) is 5.69 Å². The van der Waals surface area contributed by atoms with Crippen molar-refractivity contribution in [2.75, 3.05) is 26.1 Å². The Kier molecular flexibility index (Phi) is 5.49. The highest BCUT2D eigenvalue weighted by atomic mass is 35.5. The largest absolute Gasteiger partial charge is 0.490 e. The van der Waals surface area contributed by atoms with Gasteiger partial charge in [0.15, 0.2) is 0 Å². The summed E-state index contributed by atoms with van der Waals surface area (Å²) in [6.45, 7) is 0.626. The highest BCUT2D eigenvalue weighted by Crippen LogP contribution is 2.23. The van der Waals surface area contributed by atoms with Crippen molar-refractivity contribution in [3.05, 3.63) is 53.1 Å². The Bertz CT molecular complexity index is 643. The van der Waals surface area contributed by atoms with Crippen molar-refractivity contribution in [3.63, 3.8) is 0 Å². The number of benzene rings is 2. The topological polar surface area (TPSA) is 70.8 Å². The van der Waals surface area contributed by atoms with Crippen LogP contribution < -0.4 is 15.2 Å². The van der Waals surface area contributed by atoms with Crippen LogP contribution in [0.15, 0.2) is 42.5 Å². The third-order valence-corrected chi connectivity index (χ3v) is 3.11. The zero-order valence-corrected chi connectivity index (χ0v) is 12.8. The highest BCUT2D eigenvalue weighted by Gasteiger charge is 2.09. The zero-order chi connectivity index (χ0) is 15.9. The van der Waals surface area contributed by atoms with Crippen LogP contribution in [0.25, 0.3) is 0 Å². The number of anilines is 1. The summed E-state index contributed by atoms with van der Waals surface area (Å²) in [4.78, 5) is 11.5. The molecule has 2 aromatic carbocycles. The van der Waals surface area contributed by atoms with Crippen molar-refractivity contribution in [2.45, 2.75) is 0 Å². The van der Waals surface area contributed by atoms with E-state index in [9.17, 15) is 4.79 Å². The van der Waals surface area contributed by atoms with E-state index in [-0.39, 0.29) is 6.61 Å². The van der Waals surface area contributed by atoms with E-state index in [0.717, 1.165) is 0 Å². The molecule has 0 saturated carbocycles. The van der Waals surface area contributed by atoms with Crippen LogP contribution in [0.5, 0.6) is 11.5 Å². The fraction of sp³-hybridized carbons (Fsp3) is 0.188. The first-order valence-corrected chi connectivity index (χ1v) is 6.97. The summed E-state index contributed by atoms with van der Waals surface area (Å²) in [5, 5.41) is 0.649. The van der Waals surface area contributed by atoms with Gasteiger partial charge in [-0.15, -0.1) is 0 Å². The zero-order valence-electron chi connectivity index (χ0n) is 12.0. The van der Waals surface area contributed by atoms with Crippen molar-refractivity contribution in [3.8, 4) is 11.5 Å². The van der Waals surface area contributed by atoms with E-state index < -0.39 is 5.97 Å². The molecule has 0 aliphatic carbocycles. The molecule has 2 rings (SSSR count). The molecule has 0 aliphatic rings. The summed E-state index contributed by atoms with van der Waals surface area (Å²) < 4.78 is 15.7. The quantitative estimate of drug-likeness (QED) is 0.502. The SMILES string of the molecule is COC(=O)c1ccc(N)c(OCCOc2ccc(Cl)cc2)c1. The van der Waals surface area contributed by atoms with Gasteiger partial charge in [-0.25, -0.2) is 4.79 Å². The number of carbonyl (C=O) groups excluding carboxylic acids is 1. The molecule has 116 valence electrons. The fourth-order valence-corrected chi connectivity index (χ4v) is 1.87. The number of carbonyl (C=O) groups is 1. The smallest absolute Gasteiger partial charge is 0.337 e. The summed E-state index contributed by atoms with van der Waals surface area (Å²) in [6.07, 6.45) is 0. The molecule has 0 spiro atoms. The van der Waals surface area contributed by atoms with E-state index in [4.69, 9.17) is 26.8 Å². The predicted molar refractivity (Wildman–Crippen MR) is 84.6 cm³/mol. The number of esters is 1. The van der Waals surface area contributed by atoms with Gasteiger partial charge in [0.2, 0.25) is 0 Å². The summed E-state index contributed by atoms with van der Waals surface area (Å²) in [5.41, 5.74) is 6.63. The molecule has 0 fully saturated rings. The number of nitrogen functional groups attached to an aromatic ring is 1. The van der Waals surface area contributed by atoms with E-state index in [2.05, 4.69) is 4.74 Å². The van der Waals surface area contributed by atoms with E-state index in [1.165, 1.54) is 7.11 Å². The van der Waals surface area contributed by atoms with Crippen molar-refractivity contribution in [2.24, 2.45) is 0 Å². The number of halogens is 1. The molecule has 0 unspecified atom stereocenters. The summed E-state index contributed by atoms with van der Waals surface area (Å²) in [6, 6.07) is 11.8. The van der Waals surface area contributed by atoms with Gasteiger partial charge in [0.1, 0.15) is 24.7 Å². The van der Waals surface area contributed by atoms with E-state index in [0.29, 0.717) is 34.4 Å². The monoisotopic (exact) mass is 321 g/mol. The minimum absolute atomic E-state index is 0.289. The Labute approximate surface area is 133 Å². The van der Waals surface area contributed by atoms with Crippen LogP contribution in [-0.4, -0.2) is 26.3 Å². The molecule has 0 aromatic heterocycles. The number of hydrogen-bond donors (Lipinski definition) is 1. The van der Waals surface area contributed by atoms with Crippen LogP contribution in [0.2, 0.25) is 5.02 Å². The van der Waals surface area contributed by atoms with Gasteiger partial charge in [0, 0.05) is 5.02 Å². The van der Waals surface area contributed by atoms with Crippen molar-refractivity contribution in [1.29, 1.82) is 0 Å². The highest BCUT2D eigenvalue weighted by molar-refractivity contribution is 6.30. The van der Waals surface area contributed by atoms with Crippen molar-refractivity contribution in [1.82, 2.24) is 0 Å². The maximum atomic E-state index is 11.5. The molecule has 0 saturated heterocycles. The molecular formula is C16H16ClNO4. The molecule has 0 aliphatic heterocycles. The fourth-order valence-electron chi connectivity index (χ4n) is 1.75. The van der Waals surface area contributed by atoms with Gasteiger partial charge in [-0.05, 0) is 42.5 Å². The van der Waals surface area contributed by atoms with Crippen molar-refractivity contribution < 1.29 is 19.0 Å². The Morgan fingerprint density at radius 2 is 1.77 bits per heavy atom. The average Bonchev–Trinajstić information content (AvgIpc) is 2.54. The lowest BCUT2D eigenvalue weighted by molar-refractivity contribution is 0.0600. The normalized spacial score (nSPS) is 10.1. The summed E-state index contributed by atoms with van der Waals surface area (Å²) >= 11 is 5.79. The first-order chi connectivity index (χ1) is 10.6. The molecule has 0 amide bonds. The van der Waals surface area contributed by atoms with Crippen LogP contribution in [0, 0.1) is 0 Å². The lowest BCUT2D eigenvalue weighted by Crippen LogP contribution is -2.11. The molecule has 22 heavy (non-hydrogen) atoms. The Morgan fingerprint density at radius 3 is 2.45 bits per heavy atom. The maximum Gasteiger partial charge on any atom is 0.337 e. The average molecular weight is 322 g/mol. The molecule has 2 N–H and O–H groups in total. The number of methoxy groups -OCH3 is 1. The van der Waals surface area contributed by atoms with Gasteiger partial charge in [-0.1, -0.05) is 11.6 Å². The molecule has 0 bridgehead atoms. The maximum absolute atomic E-state index is 11.5. The van der Waals surface area contributed by atoms with Crippen LogP contribution in [0.1, 0.15) is 10.4 Å². The molecular weight excluding hydrogens is 306 g/mol. The minimum atomic E-state index is -0.442. The number of rotatable bonds is 6. The number of hydrogen-bond acceptors (Lipinski definition) is 5. The van der Waals surface area contributed by atoms with Gasteiger partial charge in [-0.2, -0.15) is 0 Å². The van der Waals surface area contributed by atoms with Gasteiger partial charge < -0.3 is 19.9 Å². The molecule has 6 heteroatoms. The lowest BCUT2D eigenvalue weighted by Gasteiger charge is -2.11.